The predicted octanol–water partition coefficient (Wildman–Crippen LogP) is 1.35. The maximum Gasteiger partial charge on any atom is 0.305 e. The van der Waals surface area contributed by atoms with Gasteiger partial charge in [-0.1, -0.05) is 12.1 Å². The van der Waals surface area contributed by atoms with E-state index < -0.39 is 12.0 Å². The van der Waals surface area contributed by atoms with Gasteiger partial charge in [-0.3, -0.25) is 9.59 Å². The Labute approximate surface area is 99.4 Å². The van der Waals surface area contributed by atoms with E-state index in [4.69, 9.17) is 9.84 Å². The van der Waals surface area contributed by atoms with E-state index in [9.17, 15) is 9.59 Å². The number of nitrogens with one attached hydrogen (secondary N) is 1. The smallest absolute Gasteiger partial charge is 0.305 e. The summed E-state index contributed by atoms with van der Waals surface area (Å²) in [7, 11) is 0. The lowest BCUT2D eigenvalue weighted by Crippen LogP contribution is -2.22. The zero-order chi connectivity index (χ0) is 12.7. The molecule has 0 spiro atoms. The van der Waals surface area contributed by atoms with Crippen LogP contribution in [0.1, 0.15) is 24.9 Å². The topological polar surface area (TPSA) is 75.6 Å². The zero-order valence-corrected chi connectivity index (χ0v) is 9.55. The van der Waals surface area contributed by atoms with Crippen molar-refractivity contribution in [1.29, 1.82) is 0 Å². The molecule has 5 nitrogen and oxygen atoms in total. The number of carboxylic acid groups (broad SMARTS) is 1. The summed E-state index contributed by atoms with van der Waals surface area (Å²) in [5.74, 6) is -0.241. The van der Waals surface area contributed by atoms with Gasteiger partial charge >= 0.3 is 5.97 Å². The van der Waals surface area contributed by atoms with E-state index in [1.54, 1.807) is 24.3 Å². The molecule has 0 aromatic heterocycles. The largest absolute Gasteiger partial charge is 0.494 e. The van der Waals surface area contributed by atoms with Crippen molar-refractivity contribution < 1.29 is 19.4 Å². The number of rotatable bonds is 7. The summed E-state index contributed by atoms with van der Waals surface area (Å²) >= 11 is 0. The third-order valence-electron chi connectivity index (χ3n) is 2.24. The minimum absolute atomic E-state index is 0.146. The molecule has 5 heteroatoms. The third kappa shape index (κ3) is 4.14. The number of hydrogen-bond acceptors (Lipinski definition) is 3. The molecular formula is C12H15NO4. The van der Waals surface area contributed by atoms with Gasteiger partial charge in [-0.05, 0) is 24.6 Å². The number of aliphatic carboxylic acids is 1. The number of hydrogen-bond donors (Lipinski definition) is 2. The van der Waals surface area contributed by atoms with Crippen molar-refractivity contribution in [2.24, 2.45) is 0 Å². The Morgan fingerprint density at radius 3 is 2.59 bits per heavy atom. The normalized spacial score (nSPS) is 11.6. The second kappa shape index (κ2) is 6.52. The Hall–Kier alpha value is -2.04. The molecule has 1 amide bonds. The third-order valence-corrected chi connectivity index (χ3v) is 2.24. The molecule has 0 bridgehead atoms. The Morgan fingerprint density at radius 2 is 2.12 bits per heavy atom. The zero-order valence-electron chi connectivity index (χ0n) is 9.55. The molecule has 0 saturated heterocycles. The van der Waals surface area contributed by atoms with E-state index in [2.05, 4.69) is 5.32 Å². The van der Waals surface area contributed by atoms with Gasteiger partial charge < -0.3 is 15.2 Å². The fourth-order valence-electron chi connectivity index (χ4n) is 1.49. The van der Waals surface area contributed by atoms with Gasteiger partial charge in [-0.15, -0.1) is 0 Å². The number of ether oxygens (including phenoxy) is 1. The highest BCUT2D eigenvalue weighted by Gasteiger charge is 2.14. The Kier molecular flexibility index (Phi) is 5.00. The van der Waals surface area contributed by atoms with Gasteiger partial charge in [0.2, 0.25) is 6.41 Å². The van der Waals surface area contributed by atoms with Crippen molar-refractivity contribution in [2.75, 3.05) is 6.61 Å². The summed E-state index contributed by atoms with van der Waals surface area (Å²) in [6.07, 6.45) is 0.358. The van der Waals surface area contributed by atoms with Crippen LogP contribution in [0.25, 0.3) is 0 Å². The molecule has 0 fully saturated rings. The van der Waals surface area contributed by atoms with Crippen LogP contribution in [0.3, 0.4) is 0 Å². The van der Waals surface area contributed by atoms with Crippen LogP contribution in [0.5, 0.6) is 5.75 Å². The van der Waals surface area contributed by atoms with Crippen LogP contribution in [-0.4, -0.2) is 24.1 Å². The predicted molar refractivity (Wildman–Crippen MR) is 61.8 cm³/mol. The van der Waals surface area contributed by atoms with Gasteiger partial charge in [0.15, 0.2) is 0 Å². The van der Waals surface area contributed by atoms with E-state index in [1.807, 2.05) is 6.92 Å². The van der Waals surface area contributed by atoms with Gasteiger partial charge in [0.1, 0.15) is 5.75 Å². The van der Waals surface area contributed by atoms with Crippen LogP contribution in [0, 0.1) is 0 Å². The van der Waals surface area contributed by atoms with Crippen LogP contribution in [0.4, 0.5) is 0 Å². The number of carbonyl (C=O) groups excluding carboxylic acids is 1. The quantitative estimate of drug-likeness (QED) is 0.702. The molecule has 0 aliphatic carbocycles. The van der Waals surface area contributed by atoms with Crippen molar-refractivity contribution in [3.8, 4) is 5.75 Å². The van der Waals surface area contributed by atoms with Crippen LogP contribution in [0.15, 0.2) is 24.3 Å². The molecule has 0 saturated carbocycles. The maximum atomic E-state index is 10.6. The van der Waals surface area contributed by atoms with Gasteiger partial charge in [0.05, 0.1) is 19.1 Å². The lowest BCUT2D eigenvalue weighted by atomic mass is 10.0. The highest BCUT2D eigenvalue weighted by atomic mass is 16.5. The average molecular weight is 237 g/mol. The molecule has 1 aromatic carbocycles. The first kappa shape index (κ1) is 13.0. The second-order valence-corrected chi connectivity index (χ2v) is 3.44. The summed E-state index contributed by atoms with van der Waals surface area (Å²) in [4.78, 5) is 21.1. The minimum atomic E-state index is -0.960. The second-order valence-electron chi connectivity index (χ2n) is 3.44. The molecule has 92 valence electrons. The SMILES string of the molecule is CCOc1ccc(C(CC(=O)O)NC=O)cc1. The van der Waals surface area contributed by atoms with Crippen molar-refractivity contribution in [2.45, 2.75) is 19.4 Å². The average Bonchev–Trinajstić information content (AvgIpc) is 2.29. The van der Waals surface area contributed by atoms with E-state index in [0.29, 0.717) is 13.0 Å². The first-order valence-corrected chi connectivity index (χ1v) is 5.31. The lowest BCUT2D eigenvalue weighted by Gasteiger charge is -2.14. The summed E-state index contributed by atoms with van der Waals surface area (Å²) in [6.45, 7) is 2.46. The number of carbonyl (C=O) groups is 2. The molecule has 0 aliphatic heterocycles. The summed E-state index contributed by atoms with van der Waals surface area (Å²) in [5, 5.41) is 11.2. The van der Waals surface area contributed by atoms with Crippen molar-refractivity contribution in [1.82, 2.24) is 5.32 Å². The summed E-state index contributed by atoms with van der Waals surface area (Å²) < 4.78 is 5.28. The Balaban J connectivity index is 2.79. The Bertz CT molecular complexity index is 375. The van der Waals surface area contributed by atoms with Gasteiger partial charge in [-0.25, -0.2) is 0 Å². The van der Waals surface area contributed by atoms with Crippen molar-refractivity contribution in [3.63, 3.8) is 0 Å². The lowest BCUT2D eigenvalue weighted by molar-refractivity contribution is -0.137. The van der Waals surface area contributed by atoms with E-state index in [1.165, 1.54) is 0 Å². The van der Waals surface area contributed by atoms with Crippen LogP contribution >= 0.6 is 0 Å². The van der Waals surface area contributed by atoms with Crippen molar-refractivity contribution in [3.05, 3.63) is 29.8 Å². The van der Waals surface area contributed by atoms with Gasteiger partial charge in [0.25, 0.3) is 0 Å². The first-order valence-electron chi connectivity index (χ1n) is 5.31. The molecule has 0 aliphatic rings. The monoisotopic (exact) mass is 237 g/mol. The highest BCUT2D eigenvalue weighted by molar-refractivity contribution is 5.68. The fourth-order valence-corrected chi connectivity index (χ4v) is 1.49. The van der Waals surface area contributed by atoms with E-state index in [-0.39, 0.29) is 6.42 Å². The van der Waals surface area contributed by atoms with Crippen LogP contribution < -0.4 is 10.1 Å². The molecule has 0 heterocycles. The molecule has 0 radical (unpaired) electrons. The maximum absolute atomic E-state index is 10.6. The highest BCUT2D eigenvalue weighted by Crippen LogP contribution is 2.20. The fraction of sp³-hybridized carbons (Fsp3) is 0.333. The van der Waals surface area contributed by atoms with Gasteiger partial charge in [-0.2, -0.15) is 0 Å². The van der Waals surface area contributed by atoms with Crippen molar-refractivity contribution >= 4 is 12.4 Å². The van der Waals surface area contributed by atoms with Crippen LogP contribution in [-0.2, 0) is 9.59 Å². The molecule has 1 atom stereocenters. The molecule has 1 unspecified atom stereocenters. The summed E-state index contributed by atoms with van der Waals surface area (Å²) in [6, 6.07) is 6.48. The van der Waals surface area contributed by atoms with E-state index >= 15 is 0 Å². The molecular weight excluding hydrogens is 222 g/mol. The van der Waals surface area contributed by atoms with Crippen LogP contribution in [0.2, 0.25) is 0 Å². The summed E-state index contributed by atoms with van der Waals surface area (Å²) in [5.41, 5.74) is 0.739. The number of carboxylic acids is 1. The standard InChI is InChI=1S/C12H15NO4/c1-2-17-10-5-3-9(4-6-10)11(13-8-14)7-12(15)16/h3-6,8,11H,2,7H2,1H3,(H,13,14)(H,15,16). The molecule has 17 heavy (non-hydrogen) atoms. The number of benzene rings is 1. The van der Waals surface area contributed by atoms with E-state index in [0.717, 1.165) is 11.3 Å². The van der Waals surface area contributed by atoms with Gasteiger partial charge in [0, 0.05) is 0 Å². The first-order chi connectivity index (χ1) is 8.17. The Morgan fingerprint density at radius 1 is 1.47 bits per heavy atom. The molecule has 2 N–H and O–H groups in total. The number of amides is 1. The molecule has 1 rings (SSSR count). The minimum Gasteiger partial charge on any atom is -0.494 e. The molecule has 1 aromatic rings.